The Bertz CT molecular complexity index is 1110. The van der Waals surface area contributed by atoms with Crippen LogP contribution in [0.5, 0.6) is 0 Å². The predicted molar refractivity (Wildman–Crippen MR) is 122 cm³/mol. The average molecular weight is 445 g/mol. The molecule has 0 saturated heterocycles. The SMILES string of the molecule is CC(=O)n1cc(NC(=O)N(C(C)C)C(CN)Cc2cccc(Cl)c2F)c2ccccc21. The molecule has 3 N–H and O–H groups in total. The number of para-hydroxylation sites is 1. The van der Waals surface area contributed by atoms with E-state index >= 15 is 0 Å². The van der Waals surface area contributed by atoms with Gasteiger partial charge in [0.2, 0.25) is 5.91 Å². The van der Waals surface area contributed by atoms with Crippen LogP contribution in [0.1, 0.15) is 31.1 Å². The molecule has 0 saturated carbocycles. The highest BCUT2D eigenvalue weighted by Gasteiger charge is 2.27. The number of anilines is 1. The second-order valence-electron chi connectivity index (χ2n) is 7.69. The van der Waals surface area contributed by atoms with Crippen LogP contribution in [-0.4, -0.2) is 40.0 Å². The fraction of sp³-hybridized carbons (Fsp3) is 0.304. The van der Waals surface area contributed by atoms with Gasteiger partial charge in [-0.15, -0.1) is 0 Å². The number of nitrogens with two attached hydrogens (primary N) is 1. The number of rotatable bonds is 6. The van der Waals surface area contributed by atoms with E-state index in [0.29, 0.717) is 16.8 Å². The van der Waals surface area contributed by atoms with Crippen molar-refractivity contribution < 1.29 is 14.0 Å². The summed E-state index contributed by atoms with van der Waals surface area (Å²) in [6.45, 7) is 5.35. The molecule has 0 aliphatic carbocycles. The maximum Gasteiger partial charge on any atom is 0.322 e. The normalized spacial score (nSPS) is 12.2. The third-order valence-corrected chi connectivity index (χ3v) is 5.53. The Morgan fingerprint density at radius 3 is 2.55 bits per heavy atom. The number of hydrogen-bond donors (Lipinski definition) is 2. The van der Waals surface area contributed by atoms with Gasteiger partial charge in [0.05, 0.1) is 22.3 Å². The van der Waals surface area contributed by atoms with E-state index < -0.39 is 11.9 Å². The highest BCUT2D eigenvalue weighted by atomic mass is 35.5. The molecule has 1 heterocycles. The number of urea groups is 1. The van der Waals surface area contributed by atoms with Crippen LogP contribution >= 0.6 is 11.6 Å². The maximum atomic E-state index is 14.4. The van der Waals surface area contributed by atoms with E-state index in [0.717, 1.165) is 5.39 Å². The lowest BCUT2D eigenvalue weighted by molar-refractivity contribution is 0.0941. The van der Waals surface area contributed by atoms with Gasteiger partial charge in [-0.25, -0.2) is 9.18 Å². The Balaban J connectivity index is 1.91. The molecule has 3 aromatic rings. The third kappa shape index (κ3) is 4.73. The lowest BCUT2D eigenvalue weighted by Crippen LogP contribution is -2.51. The van der Waals surface area contributed by atoms with Crippen LogP contribution in [0.3, 0.4) is 0 Å². The Morgan fingerprint density at radius 2 is 1.90 bits per heavy atom. The third-order valence-electron chi connectivity index (χ3n) is 5.24. The minimum absolute atomic E-state index is 0.0332. The zero-order valence-electron chi connectivity index (χ0n) is 17.7. The predicted octanol–water partition coefficient (Wildman–Crippen LogP) is 4.91. The molecule has 0 fully saturated rings. The van der Waals surface area contributed by atoms with Crippen molar-refractivity contribution >= 4 is 40.1 Å². The fourth-order valence-electron chi connectivity index (χ4n) is 3.80. The van der Waals surface area contributed by atoms with Crippen molar-refractivity contribution in [3.63, 3.8) is 0 Å². The molecule has 0 spiro atoms. The summed E-state index contributed by atoms with van der Waals surface area (Å²) in [5, 5.41) is 3.69. The smallest absolute Gasteiger partial charge is 0.322 e. The molecule has 164 valence electrons. The van der Waals surface area contributed by atoms with Crippen molar-refractivity contribution in [3.05, 3.63) is 65.1 Å². The van der Waals surface area contributed by atoms with Gasteiger partial charge in [-0.05, 0) is 38.0 Å². The molecule has 0 bridgehead atoms. The van der Waals surface area contributed by atoms with E-state index in [4.69, 9.17) is 17.3 Å². The Hall–Kier alpha value is -2.90. The second kappa shape index (κ2) is 9.49. The first kappa shape index (κ1) is 22.8. The molecule has 1 aromatic heterocycles. The topological polar surface area (TPSA) is 80.4 Å². The lowest BCUT2D eigenvalue weighted by Gasteiger charge is -2.34. The summed E-state index contributed by atoms with van der Waals surface area (Å²) in [5.74, 6) is -0.662. The fourth-order valence-corrected chi connectivity index (χ4v) is 3.99. The number of aromatic nitrogens is 1. The van der Waals surface area contributed by atoms with Gasteiger partial charge in [-0.2, -0.15) is 0 Å². The summed E-state index contributed by atoms with van der Waals surface area (Å²) < 4.78 is 15.9. The van der Waals surface area contributed by atoms with E-state index in [1.54, 1.807) is 23.2 Å². The Labute approximate surface area is 185 Å². The quantitative estimate of drug-likeness (QED) is 0.567. The second-order valence-corrected chi connectivity index (χ2v) is 8.09. The molecule has 0 radical (unpaired) electrons. The van der Waals surface area contributed by atoms with Gasteiger partial charge < -0.3 is 16.0 Å². The van der Waals surface area contributed by atoms with Crippen molar-refractivity contribution in [2.75, 3.05) is 11.9 Å². The van der Waals surface area contributed by atoms with Gasteiger partial charge >= 0.3 is 6.03 Å². The van der Waals surface area contributed by atoms with Crippen LogP contribution in [-0.2, 0) is 6.42 Å². The molecule has 8 heteroatoms. The number of halogens is 2. The highest BCUT2D eigenvalue weighted by Crippen LogP contribution is 2.27. The zero-order chi connectivity index (χ0) is 22.7. The molecular formula is C23H26ClFN4O2. The highest BCUT2D eigenvalue weighted by molar-refractivity contribution is 6.30. The standard InChI is InChI=1S/C23H26ClFN4O2/c1-14(2)29(17(12-26)11-16-7-6-9-19(24)22(16)25)23(31)27-20-13-28(15(3)30)21-10-5-4-8-18(20)21/h4-10,13-14,17H,11-12,26H2,1-3H3,(H,27,31). The van der Waals surface area contributed by atoms with Crippen LogP contribution in [0, 0.1) is 5.82 Å². The van der Waals surface area contributed by atoms with Crippen molar-refractivity contribution in [2.24, 2.45) is 5.73 Å². The number of fused-ring (bicyclic) bond motifs is 1. The molecule has 6 nitrogen and oxygen atoms in total. The molecule has 31 heavy (non-hydrogen) atoms. The lowest BCUT2D eigenvalue weighted by atomic mass is 10.0. The number of amides is 2. The first-order chi connectivity index (χ1) is 14.7. The molecule has 1 atom stereocenters. The van der Waals surface area contributed by atoms with E-state index in [1.165, 1.54) is 17.6 Å². The van der Waals surface area contributed by atoms with Gasteiger partial charge in [-0.3, -0.25) is 9.36 Å². The van der Waals surface area contributed by atoms with Crippen LogP contribution in [0.2, 0.25) is 5.02 Å². The average Bonchev–Trinajstić information content (AvgIpc) is 3.09. The van der Waals surface area contributed by atoms with Gasteiger partial charge in [0, 0.05) is 31.1 Å². The molecule has 3 rings (SSSR count). The number of carbonyl (C=O) groups is 2. The number of nitrogens with zero attached hydrogens (tertiary/aromatic N) is 2. The van der Waals surface area contributed by atoms with E-state index in [1.807, 2.05) is 38.1 Å². The minimum atomic E-state index is -0.503. The molecule has 1 unspecified atom stereocenters. The Kier molecular flexibility index (Phi) is 6.97. The molecule has 2 aromatic carbocycles. The van der Waals surface area contributed by atoms with Crippen LogP contribution in [0.15, 0.2) is 48.7 Å². The molecular weight excluding hydrogens is 419 g/mol. The number of carbonyl (C=O) groups excluding carboxylic acids is 2. The number of benzene rings is 2. The summed E-state index contributed by atoms with van der Waals surface area (Å²) in [6, 6.07) is 11.1. The van der Waals surface area contributed by atoms with Gasteiger partial charge in [0.1, 0.15) is 5.82 Å². The molecule has 2 amide bonds. The first-order valence-electron chi connectivity index (χ1n) is 10.1. The van der Waals surface area contributed by atoms with Crippen LogP contribution in [0.4, 0.5) is 14.9 Å². The van der Waals surface area contributed by atoms with Crippen LogP contribution < -0.4 is 11.1 Å². The summed E-state index contributed by atoms with van der Waals surface area (Å²) in [4.78, 5) is 26.9. The summed E-state index contributed by atoms with van der Waals surface area (Å²) in [6.07, 6.45) is 1.83. The molecule has 0 aliphatic heterocycles. The van der Waals surface area contributed by atoms with Gasteiger partial charge in [0.25, 0.3) is 0 Å². The summed E-state index contributed by atoms with van der Waals surface area (Å²) in [5.41, 5.74) is 7.61. The minimum Gasteiger partial charge on any atom is -0.328 e. The number of hydrogen-bond acceptors (Lipinski definition) is 3. The van der Waals surface area contributed by atoms with E-state index in [2.05, 4.69) is 5.32 Å². The number of nitrogens with one attached hydrogen (secondary N) is 1. The van der Waals surface area contributed by atoms with Crippen molar-refractivity contribution in [1.82, 2.24) is 9.47 Å². The Morgan fingerprint density at radius 1 is 1.19 bits per heavy atom. The van der Waals surface area contributed by atoms with Gasteiger partial charge in [0.15, 0.2) is 0 Å². The van der Waals surface area contributed by atoms with Crippen molar-refractivity contribution in [1.29, 1.82) is 0 Å². The van der Waals surface area contributed by atoms with E-state index in [-0.39, 0.29) is 36.0 Å². The van der Waals surface area contributed by atoms with Gasteiger partial charge in [-0.1, -0.05) is 41.9 Å². The van der Waals surface area contributed by atoms with Crippen LogP contribution in [0.25, 0.3) is 10.9 Å². The van der Waals surface area contributed by atoms with Crippen molar-refractivity contribution in [3.8, 4) is 0 Å². The zero-order valence-corrected chi connectivity index (χ0v) is 18.5. The molecule has 0 aliphatic rings. The monoisotopic (exact) mass is 444 g/mol. The maximum absolute atomic E-state index is 14.4. The van der Waals surface area contributed by atoms with E-state index in [9.17, 15) is 14.0 Å². The first-order valence-corrected chi connectivity index (χ1v) is 10.5. The summed E-state index contributed by atoms with van der Waals surface area (Å²) >= 11 is 5.91. The largest absolute Gasteiger partial charge is 0.328 e. The summed E-state index contributed by atoms with van der Waals surface area (Å²) in [7, 11) is 0. The van der Waals surface area contributed by atoms with Crippen molar-refractivity contribution in [2.45, 2.75) is 39.3 Å².